The largest absolute Gasteiger partial charge is 0.488 e. The number of aromatic nitrogens is 2. The Bertz CT molecular complexity index is 484. The summed E-state index contributed by atoms with van der Waals surface area (Å²) < 4.78 is 5.67. The van der Waals surface area contributed by atoms with E-state index in [1.165, 1.54) is 32.1 Å². The van der Waals surface area contributed by atoms with Crippen molar-refractivity contribution in [1.29, 1.82) is 0 Å². The summed E-state index contributed by atoms with van der Waals surface area (Å²) in [5.41, 5.74) is 0. The van der Waals surface area contributed by atoms with Crippen LogP contribution in [0.25, 0.3) is 0 Å². The van der Waals surface area contributed by atoms with E-state index in [1.807, 2.05) is 0 Å². The highest BCUT2D eigenvalue weighted by atomic mass is 35.5. The van der Waals surface area contributed by atoms with Gasteiger partial charge in [0.1, 0.15) is 6.61 Å². The highest BCUT2D eigenvalue weighted by molar-refractivity contribution is 6.29. The van der Waals surface area contributed by atoms with Crippen molar-refractivity contribution in [3.05, 3.63) is 11.2 Å². The predicted octanol–water partition coefficient (Wildman–Crippen LogP) is 2.91. The number of hydrogen-bond donors (Lipinski definition) is 0. The van der Waals surface area contributed by atoms with Crippen molar-refractivity contribution in [2.75, 3.05) is 18.1 Å². The maximum Gasteiger partial charge on any atom is 0.194 e. The average Bonchev–Trinajstić information content (AvgIpc) is 2.76. The lowest BCUT2D eigenvalue weighted by Gasteiger charge is -2.40. The molecule has 2 bridgehead atoms. The van der Waals surface area contributed by atoms with Crippen LogP contribution in [0, 0.1) is 11.8 Å². The molecule has 3 aliphatic rings. The van der Waals surface area contributed by atoms with Crippen LogP contribution in [-0.4, -0.2) is 29.4 Å². The van der Waals surface area contributed by atoms with Gasteiger partial charge in [-0.25, -0.2) is 0 Å². The summed E-state index contributed by atoms with van der Waals surface area (Å²) in [7, 11) is 0. The first-order valence-electron chi connectivity index (χ1n) is 7.22. The summed E-state index contributed by atoms with van der Waals surface area (Å²) in [5, 5.41) is 8.66. The molecule has 2 saturated carbocycles. The minimum Gasteiger partial charge on any atom is -0.488 e. The van der Waals surface area contributed by atoms with Gasteiger partial charge >= 0.3 is 0 Å². The number of fused-ring (bicyclic) bond motifs is 3. The Morgan fingerprint density at radius 3 is 2.74 bits per heavy atom. The van der Waals surface area contributed by atoms with Gasteiger partial charge in [-0.3, -0.25) is 0 Å². The van der Waals surface area contributed by atoms with Crippen molar-refractivity contribution in [1.82, 2.24) is 10.2 Å². The summed E-state index contributed by atoms with van der Waals surface area (Å²) >= 11 is 5.89. The highest BCUT2D eigenvalue weighted by Crippen LogP contribution is 2.45. The van der Waals surface area contributed by atoms with E-state index in [0.717, 1.165) is 36.6 Å². The zero-order valence-electron chi connectivity index (χ0n) is 10.9. The SMILES string of the molecule is Clc1cc2c(nn1)N(C1CC3CC[C@@H](C3)C1)CCO2. The van der Waals surface area contributed by atoms with Crippen LogP contribution in [0.5, 0.6) is 5.75 Å². The van der Waals surface area contributed by atoms with Crippen molar-refractivity contribution in [2.24, 2.45) is 11.8 Å². The first kappa shape index (κ1) is 11.8. The van der Waals surface area contributed by atoms with Crippen LogP contribution in [0.15, 0.2) is 6.07 Å². The molecule has 19 heavy (non-hydrogen) atoms. The lowest BCUT2D eigenvalue weighted by Crippen LogP contribution is -2.44. The van der Waals surface area contributed by atoms with Crippen LogP contribution >= 0.6 is 11.6 Å². The van der Waals surface area contributed by atoms with Gasteiger partial charge in [-0.15, -0.1) is 10.2 Å². The fraction of sp³-hybridized carbons (Fsp3) is 0.714. The molecule has 0 aromatic carbocycles. The molecular weight excluding hydrogens is 262 g/mol. The Kier molecular flexibility index (Phi) is 2.79. The molecule has 5 heteroatoms. The number of hydrogen-bond acceptors (Lipinski definition) is 4. The van der Waals surface area contributed by atoms with E-state index < -0.39 is 0 Å². The maximum absolute atomic E-state index is 5.89. The smallest absolute Gasteiger partial charge is 0.194 e. The van der Waals surface area contributed by atoms with Gasteiger partial charge < -0.3 is 9.64 Å². The monoisotopic (exact) mass is 279 g/mol. The molecule has 2 fully saturated rings. The van der Waals surface area contributed by atoms with Crippen LogP contribution in [0.2, 0.25) is 5.15 Å². The second-order valence-electron chi connectivity index (χ2n) is 6.07. The molecule has 2 unspecified atom stereocenters. The zero-order valence-corrected chi connectivity index (χ0v) is 11.6. The molecule has 0 radical (unpaired) electrons. The minimum atomic E-state index is 0.407. The van der Waals surface area contributed by atoms with Crippen LogP contribution in [0.4, 0.5) is 5.82 Å². The maximum atomic E-state index is 5.89. The molecule has 4 nitrogen and oxygen atoms in total. The fourth-order valence-corrected chi connectivity index (χ4v) is 4.23. The van der Waals surface area contributed by atoms with Crippen molar-refractivity contribution in [3.8, 4) is 5.75 Å². The van der Waals surface area contributed by atoms with Crippen LogP contribution in [-0.2, 0) is 0 Å². The van der Waals surface area contributed by atoms with E-state index in [-0.39, 0.29) is 0 Å². The number of nitrogens with zero attached hydrogens (tertiary/aromatic N) is 3. The van der Waals surface area contributed by atoms with E-state index in [1.54, 1.807) is 6.07 Å². The number of rotatable bonds is 1. The van der Waals surface area contributed by atoms with E-state index in [9.17, 15) is 0 Å². The normalized spacial score (nSPS) is 32.9. The van der Waals surface area contributed by atoms with E-state index >= 15 is 0 Å². The van der Waals surface area contributed by atoms with Crippen LogP contribution in [0.3, 0.4) is 0 Å². The molecule has 0 N–H and O–H groups in total. The van der Waals surface area contributed by atoms with Crippen molar-refractivity contribution < 1.29 is 4.74 Å². The molecule has 0 spiro atoms. The van der Waals surface area contributed by atoms with Crippen molar-refractivity contribution >= 4 is 17.4 Å². The molecule has 0 amide bonds. The van der Waals surface area contributed by atoms with Gasteiger partial charge in [-0.2, -0.15) is 0 Å². The first-order valence-corrected chi connectivity index (χ1v) is 7.60. The zero-order chi connectivity index (χ0) is 12.8. The quantitative estimate of drug-likeness (QED) is 0.792. The molecule has 1 aromatic rings. The van der Waals surface area contributed by atoms with Gasteiger partial charge in [0.25, 0.3) is 0 Å². The molecule has 2 heterocycles. The lowest BCUT2D eigenvalue weighted by molar-refractivity contribution is 0.260. The third-order valence-corrected chi connectivity index (χ3v) is 5.06. The van der Waals surface area contributed by atoms with Gasteiger partial charge in [0.15, 0.2) is 16.7 Å². The molecule has 2 aliphatic carbocycles. The molecular formula is C14H18ClN3O. The van der Waals surface area contributed by atoms with Crippen molar-refractivity contribution in [3.63, 3.8) is 0 Å². The van der Waals surface area contributed by atoms with Crippen LogP contribution in [0.1, 0.15) is 32.1 Å². The highest BCUT2D eigenvalue weighted by Gasteiger charge is 2.38. The number of halogens is 1. The van der Waals surface area contributed by atoms with Gasteiger partial charge in [0.05, 0.1) is 6.54 Å². The molecule has 1 aromatic heterocycles. The Balaban J connectivity index is 1.63. The third-order valence-electron chi connectivity index (χ3n) is 4.87. The van der Waals surface area contributed by atoms with Crippen LogP contribution < -0.4 is 9.64 Å². The fourth-order valence-electron chi connectivity index (χ4n) is 4.09. The Hall–Kier alpha value is -1.03. The van der Waals surface area contributed by atoms with Gasteiger partial charge in [-0.05, 0) is 31.1 Å². The third kappa shape index (κ3) is 2.06. The Morgan fingerprint density at radius 1 is 1.16 bits per heavy atom. The molecule has 1 aliphatic heterocycles. The molecule has 102 valence electrons. The van der Waals surface area contributed by atoms with Gasteiger partial charge in [0, 0.05) is 12.1 Å². The summed E-state index contributed by atoms with van der Waals surface area (Å²) in [6, 6.07) is 2.40. The first-order chi connectivity index (χ1) is 9.29. The number of ether oxygens (including phenoxy) is 1. The van der Waals surface area contributed by atoms with E-state index in [4.69, 9.17) is 16.3 Å². The average molecular weight is 280 g/mol. The second kappa shape index (κ2) is 4.51. The van der Waals surface area contributed by atoms with E-state index in [2.05, 4.69) is 15.1 Å². The lowest BCUT2D eigenvalue weighted by atomic mass is 9.84. The topological polar surface area (TPSA) is 38.2 Å². The van der Waals surface area contributed by atoms with Gasteiger partial charge in [0.2, 0.25) is 0 Å². The molecule has 4 rings (SSSR count). The number of anilines is 1. The van der Waals surface area contributed by atoms with Gasteiger partial charge in [-0.1, -0.05) is 24.4 Å². The van der Waals surface area contributed by atoms with Crippen molar-refractivity contribution in [2.45, 2.75) is 38.1 Å². The summed E-state index contributed by atoms with van der Waals surface area (Å²) in [4.78, 5) is 2.41. The molecule has 0 saturated heterocycles. The minimum absolute atomic E-state index is 0.407. The summed E-state index contributed by atoms with van der Waals surface area (Å²) in [5.74, 6) is 3.54. The standard InChI is InChI=1S/C14H18ClN3O/c15-13-8-12-14(17-16-13)18(3-4-19-12)11-6-9-1-2-10(5-9)7-11/h8-11H,1-7H2/t9-,10?,11?/m0/s1. The van der Waals surface area contributed by atoms with E-state index in [0.29, 0.717) is 11.2 Å². The summed E-state index contributed by atoms with van der Waals surface area (Å²) in [6.07, 6.45) is 6.90. The Labute approximate surface area is 118 Å². The molecule has 3 atom stereocenters. The summed E-state index contributed by atoms with van der Waals surface area (Å²) in [6.45, 7) is 1.65. The second-order valence-corrected chi connectivity index (χ2v) is 6.45. The Morgan fingerprint density at radius 2 is 1.95 bits per heavy atom. The predicted molar refractivity (Wildman–Crippen MR) is 73.7 cm³/mol.